The van der Waals surface area contributed by atoms with Gasteiger partial charge in [-0.2, -0.15) is 4.99 Å². The van der Waals surface area contributed by atoms with Crippen LogP contribution < -0.4 is 26.8 Å². The summed E-state index contributed by atoms with van der Waals surface area (Å²) in [6.45, 7) is 0. The van der Waals surface area contributed by atoms with Gasteiger partial charge in [0.15, 0.2) is 5.82 Å². The molecule has 0 amide bonds. The summed E-state index contributed by atoms with van der Waals surface area (Å²) in [5, 5.41) is 0. The minimum atomic E-state index is -0.483. The molecule has 0 saturated heterocycles. The summed E-state index contributed by atoms with van der Waals surface area (Å²) >= 11 is 0. The molecule has 8 nitrogen and oxygen atoms in total. The Morgan fingerprint density at radius 2 is 1.77 bits per heavy atom. The van der Waals surface area contributed by atoms with Gasteiger partial charge in [-0.1, -0.05) is 0 Å². The number of fused-ring (bicyclic) bond motifs is 1. The summed E-state index contributed by atoms with van der Waals surface area (Å²) in [7, 11) is 1.63. The lowest BCUT2D eigenvalue weighted by molar-refractivity contribution is 0.325. The van der Waals surface area contributed by atoms with E-state index in [0.717, 1.165) is 48.6 Å². The quantitative estimate of drug-likeness (QED) is 0.771. The number of hydrogen-bond acceptors (Lipinski definition) is 7. The van der Waals surface area contributed by atoms with E-state index in [1.807, 2.05) is 30.6 Å². The molecule has 1 saturated carbocycles. The molecule has 1 aliphatic carbocycles. The summed E-state index contributed by atoms with van der Waals surface area (Å²) in [5.41, 5.74) is 20.4. The van der Waals surface area contributed by atoms with E-state index >= 15 is 0 Å². The van der Waals surface area contributed by atoms with E-state index in [2.05, 4.69) is 14.5 Å². The van der Waals surface area contributed by atoms with Crippen LogP contribution in [0.2, 0.25) is 0 Å². The Balaban J connectivity index is 1.65. The van der Waals surface area contributed by atoms with Crippen molar-refractivity contribution in [3.05, 3.63) is 36.3 Å². The zero-order chi connectivity index (χ0) is 18.3. The molecule has 26 heavy (non-hydrogen) atoms. The van der Waals surface area contributed by atoms with E-state index in [1.54, 1.807) is 12.0 Å². The molecule has 138 valence electrons. The van der Waals surface area contributed by atoms with Crippen molar-refractivity contribution in [1.82, 2.24) is 9.55 Å². The van der Waals surface area contributed by atoms with E-state index in [0.29, 0.717) is 18.0 Å². The fraction of sp³-hybridized carbons (Fsp3) is 0.444. The number of aromatic nitrogens is 2. The highest BCUT2D eigenvalue weighted by Gasteiger charge is 2.33. The van der Waals surface area contributed by atoms with Crippen LogP contribution in [0.25, 0.3) is 0 Å². The smallest absolute Gasteiger partial charge is 0.204 e. The first-order valence-electron chi connectivity index (χ1n) is 8.94. The van der Waals surface area contributed by atoms with E-state index in [4.69, 9.17) is 21.9 Å². The molecule has 1 fully saturated rings. The lowest BCUT2D eigenvalue weighted by Gasteiger charge is -2.33. The molecule has 4 rings (SSSR count). The first kappa shape index (κ1) is 16.9. The molecule has 8 heteroatoms. The van der Waals surface area contributed by atoms with Crippen LogP contribution in [0.3, 0.4) is 0 Å². The second-order valence-corrected chi connectivity index (χ2v) is 6.91. The van der Waals surface area contributed by atoms with Gasteiger partial charge in [-0.15, -0.1) is 0 Å². The Labute approximate surface area is 152 Å². The third-order valence-corrected chi connectivity index (χ3v) is 5.31. The molecule has 0 spiro atoms. The second-order valence-electron chi connectivity index (χ2n) is 6.91. The molecule has 0 bridgehead atoms. The van der Waals surface area contributed by atoms with Crippen molar-refractivity contribution in [2.24, 2.45) is 22.2 Å². The third-order valence-electron chi connectivity index (χ3n) is 5.31. The zero-order valence-corrected chi connectivity index (χ0v) is 14.9. The highest BCUT2D eigenvalue weighted by atomic mass is 16.5. The SMILES string of the molecule is COc1ccc(N2C(N)=Nc3c(ncn3C3CCC(N)CC3)C2N)cc1. The lowest BCUT2D eigenvalue weighted by atomic mass is 9.91. The number of benzene rings is 1. The van der Waals surface area contributed by atoms with Crippen LogP contribution in [0, 0.1) is 0 Å². The molecule has 2 aliphatic rings. The van der Waals surface area contributed by atoms with Gasteiger partial charge >= 0.3 is 0 Å². The van der Waals surface area contributed by atoms with Gasteiger partial charge < -0.3 is 26.5 Å². The van der Waals surface area contributed by atoms with Crippen LogP contribution in [0.5, 0.6) is 5.75 Å². The van der Waals surface area contributed by atoms with E-state index in [9.17, 15) is 0 Å². The summed E-state index contributed by atoms with van der Waals surface area (Å²) in [4.78, 5) is 11.0. The molecule has 1 aromatic heterocycles. The first-order valence-corrected chi connectivity index (χ1v) is 8.94. The van der Waals surface area contributed by atoms with E-state index < -0.39 is 6.17 Å². The Hall–Kier alpha value is -2.58. The van der Waals surface area contributed by atoms with E-state index in [1.165, 1.54) is 0 Å². The maximum atomic E-state index is 6.49. The number of imidazole rings is 1. The Kier molecular flexibility index (Phi) is 4.29. The molecule has 1 aromatic carbocycles. The number of ether oxygens (including phenoxy) is 1. The minimum Gasteiger partial charge on any atom is -0.497 e. The van der Waals surface area contributed by atoms with Gasteiger partial charge in [0, 0.05) is 17.8 Å². The predicted octanol–water partition coefficient (Wildman–Crippen LogP) is 1.76. The first-order chi connectivity index (χ1) is 12.6. The lowest BCUT2D eigenvalue weighted by Crippen LogP contribution is -2.46. The van der Waals surface area contributed by atoms with Crippen molar-refractivity contribution in [3.8, 4) is 5.75 Å². The number of nitrogens with two attached hydrogens (primary N) is 3. The summed E-state index contributed by atoms with van der Waals surface area (Å²) in [5.74, 6) is 1.90. The van der Waals surface area contributed by atoms with Crippen LogP contribution in [0.1, 0.15) is 43.6 Å². The van der Waals surface area contributed by atoms with Crippen molar-refractivity contribution in [2.45, 2.75) is 43.9 Å². The van der Waals surface area contributed by atoms with Crippen molar-refractivity contribution in [2.75, 3.05) is 12.0 Å². The highest BCUT2D eigenvalue weighted by molar-refractivity contribution is 5.98. The van der Waals surface area contributed by atoms with E-state index in [-0.39, 0.29) is 0 Å². The summed E-state index contributed by atoms with van der Waals surface area (Å²) in [6.07, 6.45) is 5.43. The number of methoxy groups -OCH3 is 1. The highest BCUT2D eigenvalue weighted by Crippen LogP contribution is 2.38. The van der Waals surface area contributed by atoms with Gasteiger partial charge in [0.1, 0.15) is 17.6 Å². The maximum absolute atomic E-state index is 6.49. The molecule has 6 N–H and O–H groups in total. The normalized spacial score (nSPS) is 25.6. The molecule has 2 heterocycles. The van der Waals surface area contributed by atoms with Crippen LogP contribution >= 0.6 is 0 Å². The van der Waals surface area contributed by atoms with Gasteiger partial charge in [-0.3, -0.25) is 4.90 Å². The molecule has 1 aliphatic heterocycles. The summed E-state index contributed by atoms with van der Waals surface area (Å²) in [6, 6.07) is 8.20. The number of rotatable bonds is 3. The molecular weight excluding hydrogens is 330 g/mol. The average Bonchev–Trinajstić information content (AvgIpc) is 3.07. The van der Waals surface area contributed by atoms with Gasteiger partial charge in [0.25, 0.3) is 0 Å². The number of anilines is 1. The fourth-order valence-corrected chi connectivity index (χ4v) is 3.80. The third kappa shape index (κ3) is 2.81. The monoisotopic (exact) mass is 355 g/mol. The average molecular weight is 355 g/mol. The number of aliphatic imine (C=N–C) groups is 1. The topological polar surface area (TPSA) is 121 Å². The number of guanidine groups is 1. The van der Waals surface area contributed by atoms with Crippen LogP contribution in [-0.2, 0) is 0 Å². The molecule has 1 atom stereocenters. The number of nitrogens with zero attached hydrogens (tertiary/aromatic N) is 4. The van der Waals surface area contributed by atoms with Crippen molar-refractivity contribution < 1.29 is 4.74 Å². The maximum Gasteiger partial charge on any atom is 0.204 e. The van der Waals surface area contributed by atoms with Gasteiger partial charge in [0.05, 0.1) is 13.4 Å². The molecule has 0 radical (unpaired) electrons. The van der Waals surface area contributed by atoms with Gasteiger partial charge in [-0.25, -0.2) is 4.98 Å². The van der Waals surface area contributed by atoms with Crippen LogP contribution in [0.4, 0.5) is 11.5 Å². The second kappa shape index (κ2) is 6.62. The van der Waals surface area contributed by atoms with Crippen LogP contribution in [0.15, 0.2) is 35.6 Å². The Morgan fingerprint density at radius 1 is 1.08 bits per heavy atom. The summed E-state index contributed by atoms with van der Waals surface area (Å²) < 4.78 is 7.32. The molecular formula is C18H25N7O. The Morgan fingerprint density at radius 3 is 2.42 bits per heavy atom. The zero-order valence-electron chi connectivity index (χ0n) is 14.9. The van der Waals surface area contributed by atoms with Crippen molar-refractivity contribution >= 4 is 17.5 Å². The van der Waals surface area contributed by atoms with Crippen LogP contribution in [-0.4, -0.2) is 28.7 Å². The van der Waals surface area contributed by atoms with Crippen molar-refractivity contribution in [1.29, 1.82) is 0 Å². The number of hydrogen-bond donors (Lipinski definition) is 3. The molecule has 2 aromatic rings. The fourth-order valence-electron chi connectivity index (χ4n) is 3.80. The minimum absolute atomic E-state index is 0.298. The predicted molar refractivity (Wildman–Crippen MR) is 101 cm³/mol. The Bertz CT molecular complexity index is 805. The molecule has 1 unspecified atom stereocenters. The van der Waals surface area contributed by atoms with Gasteiger partial charge in [0.2, 0.25) is 5.96 Å². The van der Waals surface area contributed by atoms with Crippen molar-refractivity contribution in [3.63, 3.8) is 0 Å². The standard InChI is InChI=1S/C18H25N7O/c1-26-14-8-6-13(7-9-14)25-16(20)15-17(23-18(25)21)24(10-22-15)12-4-2-11(19)3-5-12/h6-12,16H,2-5,19-20H2,1H3,(H2,21,23). The van der Waals surface area contributed by atoms with Gasteiger partial charge in [-0.05, 0) is 49.9 Å². The largest absolute Gasteiger partial charge is 0.497 e.